The Bertz CT molecular complexity index is 512. The molecule has 1 aromatic rings. The average Bonchev–Trinajstić information content (AvgIpc) is 2.96. The molecule has 0 aromatic heterocycles. The Morgan fingerprint density at radius 1 is 1.25 bits per heavy atom. The van der Waals surface area contributed by atoms with Gasteiger partial charge in [-0.15, -0.1) is 0 Å². The molecule has 3 nitrogen and oxygen atoms in total. The van der Waals surface area contributed by atoms with Crippen LogP contribution in [-0.4, -0.2) is 30.8 Å². The van der Waals surface area contributed by atoms with E-state index in [9.17, 15) is 0 Å². The van der Waals surface area contributed by atoms with Crippen LogP contribution in [0.4, 0.5) is 0 Å². The minimum atomic E-state index is 0.391. The topological polar surface area (TPSA) is 21.7 Å². The first-order valence-corrected chi connectivity index (χ1v) is 8.04. The van der Waals surface area contributed by atoms with Crippen molar-refractivity contribution in [3.63, 3.8) is 0 Å². The van der Waals surface area contributed by atoms with Crippen molar-refractivity contribution in [2.75, 3.05) is 19.9 Å². The molecule has 1 saturated heterocycles. The highest BCUT2D eigenvalue weighted by atomic mass is 16.7. The largest absolute Gasteiger partial charge is 0.454 e. The van der Waals surface area contributed by atoms with Crippen LogP contribution in [-0.2, 0) is 6.42 Å². The summed E-state index contributed by atoms with van der Waals surface area (Å²) in [4.78, 5) is 2.72. The summed E-state index contributed by atoms with van der Waals surface area (Å²) >= 11 is 0. The molecule has 1 aromatic carbocycles. The van der Waals surface area contributed by atoms with E-state index >= 15 is 0 Å². The number of nitrogens with zero attached hydrogens (tertiary/aromatic N) is 1. The van der Waals surface area contributed by atoms with E-state index in [4.69, 9.17) is 9.47 Å². The molecule has 1 fully saturated rings. The molecule has 0 unspecified atom stereocenters. The summed E-state index contributed by atoms with van der Waals surface area (Å²) in [7, 11) is 0. The quantitative estimate of drug-likeness (QED) is 0.825. The zero-order valence-corrected chi connectivity index (χ0v) is 12.2. The van der Waals surface area contributed by atoms with E-state index in [1.54, 1.807) is 0 Å². The molecule has 2 atom stereocenters. The molecule has 3 heteroatoms. The lowest BCUT2D eigenvalue weighted by atomic mass is 9.74. The summed E-state index contributed by atoms with van der Waals surface area (Å²) in [6.07, 6.45) is 6.34. The van der Waals surface area contributed by atoms with Crippen molar-refractivity contribution in [1.82, 2.24) is 4.90 Å². The summed E-state index contributed by atoms with van der Waals surface area (Å²) in [6.45, 7) is 5.22. The standard InChI is InChI=1S/C17H23NO2/c1-2-9-18-10-3-4-13-12-6-8-16-17(20-11-19-16)14(12)5-7-15(13)18/h6,8,13,15H,2-5,7,9-11H2,1H3/t13-,15-/m1/s1. The van der Waals surface area contributed by atoms with Gasteiger partial charge >= 0.3 is 0 Å². The Kier molecular flexibility index (Phi) is 3.10. The Labute approximate surface area is 120 Å². The van der Waals surface area contributed by atoms with E-state index in [1.165, 1.54) is 49.9 Å². The van der Waals surface area contributed by atoms with Gasteiger partial charge in [0, 0.05) is 11.6 Å². The van der Waals surface area contributed by atoms with Gasteiger partial charge in [0.25, 0.3) is 0 Å². The number of fused-ring (bicyclic) bond motifs is 5. The fourth-order valence-electron chi connectivity index (χ4n) is 4.38. The second kappa shape index (κ2) is 4.96. The Hall–Kier alpha value is -1.22. The van der Waals surface area contributed by atoms with Gasteiger partial charge in [-0.25, -0.2) is 0 Å². The van der Waals surface area contributed by atoms with Crippen LogP contribution in [0.15, 0.2) is 12.1 Å². The van der Waals surface area contributed by atoms with E-state index < -0.39 is 0 Å². The van der Waals surface area contributed by atoms with Gasteiger partial charge in [0.2, 0.25) is 6.79 Å². The maximum absolute atomic E-state index is 5.72. The average molecular weight is 273 g/mol. The monoisotopic (exact) mass is 273 g/mol. The molecule has 4 rings (SSSR count). The minimum absolute atomic E-state index is 0.391. The van der Waals surface area contributed by atoms with Gasteiger partial charge in [0.05, 0.1) is 0 Å². The molecule has 108 valence electrons. The maximum atomic E-state index is 5.72. The molecule has 1 aliphatic carbocycles. The van der Waals surface area contributed by atoms with Crippen molar-refractivity contribution in [3.05, 3.63) is 23.3 Å². The molecule has 0 spiro atoms. The number of ether oxygens (including phenoxy) is 2. The highest BCUT2D eigenvalue weighted by Gasteiger charge is 2.38. The van der Waals surface area contributed by atoms with Crippen LogP contribution < -0.4 is 9.47 Å². The molecule has 0 N–H and O–H groups in total. The number of rotatable bonds is 2. The van der Waals surface area contributed by atoms with Crippen molar-refractivity contribution in [2.45, 2.75) is 51.0 Å². The van der Waals surface area contributed by atoms with Crippen molar-refractivity contribution in [1.29, 1.82) is 0 Å². The Morgan fingerprint density at radius 3 is 3.10 bits per heavy atom. The SMILES string of the molecule is CCCN1CCC[C@@H]2c3ccc4c(c3CC[C@H]21)OCO4. The molecule has 20 heavy (non-hydrogen) atoms. The molecule has 3 aliphatic rings. The molecular formula is C17H23NO2. The predicted octanol–water partition coefficient (Wildman–Crippen LogP) is 3.32. The molecule has 2 aliphatic heterocycles. The lowest BCUT2D eigenvalue weighted by Crippen LogP contribution is -2.46. The minimum Gasteiger partial charge on any atom is -0.454 e. The zero-order valence-electron chi connectivity index (χ0n) is 12.2. The second-order valence-corrected chi connectivity index (χ2v) is 6.26. The van der Waals surface area contributed by atoms with Crippen molar-refractivity contribution in [2.24, 2.45) is 0 Å². The van der Waals surface area contributed by atoms with Gasteiger partial charge in [-0.3, -0.25) is 4.90 Å². The van der Waals surface area contributed by atoms with Crippen molar-refractivity contribution >= 4 is 0 Å². The highest BCUT2D eigenvalue weighted by Crippen LogP contribution is 2.47. The van der Waals surface area contributed by atoms with Crippen molar-refractivity contribution in [3.8, 4) is 11.5 Å². The van der Waals surface area contributed by atoms with Crippen LogP contribution in [0.25, 0.3) is 0 Å². The lowest BCUT2D eigenvalue weighted by molar-refractivity contribution is 0.112. The number of piperidine rings is 1. The van der Waals surface area contributed by atoms with Crippen LogP contribution in [0, 0.1) is 0 Å². The first-order valence-electron chi connectivity index (χ1n) is 8.04. The second-order valence-electron chi connectivity index (χ2n) is 6.26. The van der Waals surface area contributed by atoms with E-state index in [0.717, 1.165) is 24.0 Å². The van der Waals surface area contributed by atoms with E-state index in [-0.39, 0.29) is 0 Å². The van der Waals surface area contributed by atoms with Crippen LogP contribution in [0.5, 0.6) is 11.5 Å². The van der Waals surface area contributed by atoms with E-state index in [2.05, 4.69) is 24.0 Å². The number of benzene rings is 1. The molecule has 0 amide bonds. The van der Waals surface area contributed by atoms with Gasteiger partial charge in [-0.05, 0) is 62.7 Å². The van der Waals surface area contributed by atoms with Gasteiger partial charge in [0.15, 0.2) is 11.5 Å². The number of hydrogen-bond acceptors (Lipinski definition) is 3. The molecule has 0 radical (unpaired) electrons. The fourth-order valence-corrected chi connectivity index (χ4v) is 4.38. The van der Waals surface area contributed by atoms with Gasteiger partial charge in [0.1, 0.15) is 0 Å². The predicted molar refractivity (Wildman–Crippen MR) is 78.5 cm³/mol. The van der Waals surface area contributed by atoms with E-state index in [0.29, 0.717) is 12.7 Å². The number of hydrogen-bond donors (Lipinski definition) is 0. The summed E-state index contributed by atoms with van der Waals surface area (Å²) in [5.74, 6) is 2.69. The maximum Gasteiger partial charge on any atom is 0.231 e. The number of likely N-dealkylation sites (tertiary alicyclic amines) is 1. The first kappa shape index (κ1) is 12.5. The van der Waals surface area contributed by atoms with Crippen LogP contribution in [0.1, 0.15) is 49.7 Å². The third-order valence-electron chi connectivity index (χ3n) is 5.17. The molecule has 0 bridgehead atoms. The summed E-state index contributed by atoms with van der Waals surface area (Å²) in [6, 6.07) is 5.16. The molecular weight excluding hydrogens is 250 g/mol. The smallest absolute Gasteiger partial charge is 0.231 e. The third kappa shape index (κ3) is 1.83. The molecule has 0 saturated carbocycles. The van der Waals surface area contributed by atoms with Crippen LogP contribution in [0.3, 0.4) is 0 Å². The first-order chi connectivity index (χ1) is 9.88. The Balaban J connectivity index is 1.70. The summed E-state index contributed by atoms with van der Waals surface area (Å²) in [5, 5.41) is 0. The van der Waals surface area contributed by atoms with Gasteiger partial charge in [-0.1, -0.05) is 13.0 Å². The van der Waals surface area contributed by atoms with Crippen LogP contribution in [0.2, 0.25) is 0 Å². The normalized spacial score (nSPS) is 28.1. The van der Waals surface area contributed by atoms with Crippen LogP contribution >= 0.6 is 0 Å². The van der Waals surface area contributed by atoms with Gasteiger partial charge in [-0.2, -0.15) is 0 Å². The fraction of sp³-hybridized carbons (Fsp3) is 0.647. The van der Waals surface area contributed by atoms with Gasteiger partial charge < -0.3 is 9.47 Å². The highest BCUT2D eigenvalue weighted by molar-refractivity contribution is 5.54. The lowest BCUT2D eigenvalue weighted by Gasteiger charge is -2.45. The molecule has 2 heterocycles. The van der Waals surface area contributed by atoms with Crippen molar-refractivity contribution < 1.29 is 9.47 Å². The van der Waals surface area contributed by atoms with E-state index in [1.807, 2.05) is 0 Å². The zero-order chi connectivity index (χ0) is 13.5. The summed E-state index contributed by atoms with van der Waals surface area (Å²) < 4.78 is 11.2. The summed E-state index contributed by atoms with van der Waals surface area (Å²) in [5.41, 5.74) is 2.96. The third-order valence-corrected chi connectivity index (χ3v) is 5.17. The Morgan fingerprint density at radius 2 is 2.20 bits per heavy atom.